The Kier molecular flexibility index (Phi) is 8.95. The minimum absolute atomic E-state index is 0.133. The van der Waals surface area contributed by atoms with E-state index in [0.29, 0.717) is 42.7 Å². The molecule has 0 aliphatic rings. The third-order valence-corrected chi connectivity index (χ3v) is 7.16. The summed E-state index contributed by atoms with van der Waals surface area (Å²) in [6.45, 7) is 2.99. The molecule has 0 fully saturated rings. The molecule has 1 nitrogen and oxygen atoms in total. The third kappa shape index (κ3) is 6.48. The molecule has 0 unspecified atom stereocenters. The van der Waals surface area contributed by atoms with Crippen molar-refractivity contribution in [3.8, 4) is 28.7 Å². The van der Waals surface area contributed by atoms with Crippen LogP contribution in [0.25, 0.3) is 21.9 Å². The molecule has 242 valence electrons. The summed E-state index contributed by atoms with van der Waals surface area (Å²) in [7, 11) is 0. The van der Waals surface area contributed by atoms with Gasteiger partial charge in [-0.2, -0.15) is 8.78 Å². The van der Waals surface area contributed by atoms with Crippen LogP contribution in [-0.2, 0) is 12.5 Å². The molecule has 5 rings (SSSR count). The molecule has 5 aromatic rings. The van der Waals surface area contributed by atoms with Gasteiger partial charge in [0.25, 0.3) is 0 Å². The fraction of sp³-hybridized carbons (Fsp3) is 0.143. The van der Waals surface area contributed by atoms with E-state index in [9.17, 15) is 35.1 Å². The zero-order chi connectivity index (χ0) is 34.4. The van der Waals surface area contributed by atoms with Crippen molar-refractivity contribution >= 4 is 10.8 Å². The number of rotatable bonds is 6. The monoisotopic (exact) mass is 664 g/mol. The summed E-state index contributed by atoms with van der Waals surface area (Å²) >= 11 is 0. The highest BCUT2D eigenvalue weighted by atomic mass is 19.3. The summed E-state index contributed by atoms with van der Waals surface area (Å²) in [6.07, 6.45) is -3.52. The molecular weight excluding hydrogens is 645 g/mol. The van der Waals surface area contributed by atoms with Crippen LogP contribution in [0.1, 0.15) is 41.2 Å². The van der Waals surface area contributed by atoms with Crippen molar-refractivity contribution in [3.05, 3.63) is 135 Å². The number of halogens is 11. The summed E-state index contributed by atoms with van der Waals surface area (Å²) in [5.74, 6) is -10.1. The molecular formula is C35H19F11O. The van der Waals surface area contributed by atoms with Crippen molar-refractivity contribution < 1.29 is 53.0 Å². The fourth-order valence-corrected chi connectivity index (χ4v) is 4.97. The van der Waals surface area contributed by atoms with Crippen molar-refractivity contribution in [2.24, 2.45) is 0 Å². The lowest BCUT2D eigenvalue weighted by atomic mass is 9.96. The fourth-order valence-electron chi connectivity index (χ4n) is 4.97. The van der Waals surface area contributed by atoms with Crippen LogP contribution in [0.15, 0.2) is 54.6 Å². The minimum atomic E-state index is -4.52. The smallest absolute Gasteiger partial charge is 0.429 e. The van der Waals surface area contributed by atoms with Gasteiger partial charge in [0.15, 0.2) is 23.3 Å². The van der Waals surface area contributed by atoms with E-state index in [1.807, 2.05) is 6.92 Å². The lowest BCUT2D eigenvalue weighted by Crippen LogP contribution is -2.24. The van der Waals surface area contributed by atoms with E-state index >= 15 is 13.2 Å². The molecule has 47 heavy (non-hydrogen) atoms. The van der Waals surface area contributed by atoms with E-state index in [4.69, 9.17) is 0 Å². The van der Waals surface area contributed by atoms with Crippen molar-refractivity contribution in [2.45, 2.75) is 32.8 Å². The Balaban J connectivity index is 1.50. The number of fused-ring (bicyclic) bond motifs is 1. The first-order valence-electron chi connectivity index (χ1n) is 13.7. The molecule has 0 saturated heterocycles. The predicted molar refractivity (Wildman–Crippen MR) is 151 cm³/mol. The van der Waals surface area contributed by atoms with Crippen LogP contribution in [-0.4, -0.2) is 0 Å². The summed E-state index contributed by atoms with van der Waals surface area (Å²) in [5.41, 5.74) is -3.38. The Labute approximate surface area is 260 Å². The molecule has 0 spiro atoms. The Hall–Kier alpha value is -5.05. The Morgan fingerprint density at radius 3 is 1.89 bits per heavy atom. The van der Waals surface area contributed by atoms with Gasteiger partial charge in [-0.1, -0.05) is 25.2 Å². The van der Waals surface area contributed by atoms with Gasteiger partial charge in [-0.25, -0.2) is 39.5 Å². The van der Waals surface area contributed by atoms with Gasteiger partial charge >= 0.3 is 6.11 Å². The first-order chi connectivity index (χ1) is 22.1. The second kappa shape index (κ2) is 12.6. The maximum atomic E-state index is 15.4. The summed E-state index contributed by atoms with van der Waals surface area (Å²) in [6, 6.07) is 5.85. The molecule has 12 heteroatoms. The maximum Gasteiger partial charge on any atom is 0.429 e. The van der Waals surface area contributed by atoms with E-state index in [1.54, 1.807) is 0 Å². The van der Waals surface area contributed by atoms with Crippen LogP contribution in [0.5, 0.6) is 5.75 Å². The van der Waals surface area contributed by atoms with Crippen LogP contribution >= 0.6 is 0 Å². The van der Waals surface area contributed by atoms with Crippen LogP contribution in [0.3, 0.4) is 0 Å². The van der Waals surface area contributed by atoms with Crippen LogP contribution in [0.2, 0.25) is 0 Å². The summed E-state index contributed by atoms with van der Waals surface area (Å²) < 4.78 is 164. The number of hydrogen-bond donors (Lipinski definition) is 0. The largest absolute Gasteiger partial charge is 0.429 e. The summed E-state index contributed by atoms with van der Waals surface area (Å²) in [5, 5.41) is -1.14. The van der Waals surface area contributed by atoms with Crippen molar-refractivity contribution in [2.75, 3.05) is 0 Å². The molecule has 0 aliphatic heterocycles. The van der Waals surface area contributed by atoms with E-state index in [-0.39, 0.29) is 34.2 Å². The molecule has 0 aromatic heterocycles. The number of alkyl halides is 2. The Morgan fingerprint density at radius 1 is 0.638 bits per heavy atom. The quantitative estimate of drug-likeness (QED) is 0.0998. The minimum Gasteiger partial charge on any atom is -0.429 e. The molecule has 5 aromatic carbocycles. The van der Waals surface area contributed by atoms with E-state index in [2.05, 4.69) is 16.6 Å². The van der Waals surface area contributed by atoms with Gasteiger partial charge in [-0.15, -0.1) is 0 Å². The summed E-state index contributed by atoms with van der Waals surface area (Å²) in [4.78, 5) is 0. The Morgan fingerprint density at radius 2 is 1.28 bits per heavy atom. The molecule has 0 radical (unpaired) electrons. The standard InChI is InChI=1S/C35H19F11O/c1-3-4-17-8-26(38)31(27(39)9-17)19-10-20-12-24(36)22(33(43)32(20)28(40)13-19)6-5-18-11-25(37)23(7-16(18)2)35(45,46)47-21-14-29(41)34(44)30(42)15-21/h7-15H,3-4H2,1-2H3. The molecule has 0 amide bonds. The van der Waals surface area contributed by atoms with Gasteiger partial charge in [0, 0.05) is 17.7 Å². The second-order valence-electron chi connectivity index (χ2n) is 10.5. The molecule has 0 N–H and O–H groups in total. The van der Waals surface area contributed by atoms with Gasteiger partial charge in [0.1, 0.15) is 40.4 Å². The first kappa shape index (κ1) is 33.3. The van der Waals surface area contributed by atoms with Gasteiger partial charge in [-0.05, 0) is 77.9 Å². The van der Waals surface area contributed by atoms with Gasteiger partial charge in [0.05, 0.1) is 16.5 Å². The van der Waals surface area contributed by atoms with Crippen LogP contribution in [0.4, 0.5) is 48.3 Å². The second-order valence-corrected chi connectivity index (χ2v) is 10.5. The van der Waals surface area contributed by atoms with E-state index in [0.717, 1.165) is 18.2 Å². The normalized spacial score (nSPS) is 11.5. The van der Waals surface area contributed by atoms with E-state index in [1.165, 1.54) is 6.92 Å². The van der Waals surface area contributed by atoms with Gasteiger partial charge in [-0.3, -0.25) is 0 Å². The number of benzene rings is 5. The predicted octanol–water partition coefficient (Wildman–Crippen LogP) is 10.5. The van der Waals surface area contributed by atoms with Gasteiger partial charge < -0.3 is 4.74 Å². The molecule has 0 atom stereocenters. The molecule has 0 aliphatic carbocycles. The lowest BCUT2D eigenvalue weighted by Gasteiger charge is -2.20. The maximum absolute atomic E-state index is 15.4. The SMILES string of the molecule is CCCc1cc(F)c(-c2cc(F)c3c(F)c(C#Cc4cc(F)c(C(F)(F)Oc5cc(F)c(F)c(F)c5)cc4C)c(F)cc3c2)c(F)c1. The van der Waals surface area contributed by atoms with Crippen molar-refractivity contribution in [1.82, 2.24) is 0 Å². The average Bonchev–Trinajstić information content (AvgIpc) is 2.96. The highest BCUT2D eigenvalue weighted by molar-refractivity contribution is 5.90. The zero-order valence-electron chi connectivity index (χ0n) is 24.2. The van der Waals surface area contributed by atoms with Crippen LogP contribution < -0.4 is 4.74 Å². The highest BCUT2D eigenvalue weighted by Crippen LogP contribution is 2.37. The van der Waals surface area contributed by atoms with Crippen LogP contribution in [0, 0.1) is 71.1 Å². The molecule has 0 saturated carbocycles. The lowest BCUT2D eigenvalue weighted by molar-refractivity contribution is -0.187. The first-order valence-corrected chi connectivity index (χ1v) is 13.7. The van der Waals surface area contributed by atoms with Crippen molar-refractivity contribution in [3.63, 3.8) is 0 Å². The average molecular weight is 665 g/mol. The van der Waals surface area contributed by atoms with Gasteiger partial charge in [0.2, 0.25) is 0 Å². The molecule has 0 bridgehead atoms. The highest BCUT2D eigenvalue weighted by Gasteiger charge is 2.38. The van der Waals surface area contributed by atoms with Crippen molar-refractivity contribution in [1.29, 1.82) is 0 Å². The number of aryl methyl sites for hydroxylation is 2. The third-order valence-electron chi connectivity index (χ3n) is 7.16. The number of ether oxygens (including phenoxy) is 1. The number of hydrogen-bond acceptors (Lipinski definition) is 1. The topological polar surface area (TPSA) is 9.23 Å². The molecule has 0 heterocycles. The van der Waals surface area contributed by atoms with E-state index < -0.39 is 86.3 Å². The Bertz CT molecular complexity index is 2080. The zero-order valence-corrected chi connectivity index (χ0v) is 24.2.